The normalized spacial score (nSPS) is 12.0. The third kappa shape index (κ3) is 16.3. The van der Waals surface area contributed by atoms with Crippen LogP contribution in [0.3, 0.4) is 0 Å². The molecule has 3 nitrogen and oxygen atoms in total. The Morgan fingerprint density at radius 1 is 0.897 bits per heavy atom. The fourth-order valence-corrected chi connectivity index (χ4v) is 2.64. The van der Waals surface area contributed by atoms with Crippen molar-refractivity contribution in [1.82, 2.24) is 4.98 Å². The average Bonchev–Trinajstić information content (AvgIpc) is 2.75. The lowest BCUT2D eigenvalue weighted by Gasteiger charge is -2.03. The highest BCUT2D eigenvalue weighted by Crippen LogP contribution is 2.04. The van der Waals surface area contributed by atoms with Crippen molar-refractivity contribution in [3.05, 3.63) is 78.7 Å². The van der Waals surface area contributed by atoms with Crippen LogP contribution in [-0.4, -0.2) is 11.0 Å². The molecule has 0 radical (unpaired) electrons. The lowest BCUT2D eigenvalue weighted by Crippen LogP contribution is -2.04. The molecule has 1 aromatic heterocycles. The molecule has 0 spiro atoms. The van der Waals surface area contributed by atoms with Gasteiger partial charge in [0, 0.05) is 24.4 Å². The zero-order chi connectivity index (χ0) is 20.8. The predicted octanol–water partition coefficient (Wildman–Crippen LogP) is 7.27. The van der Waals surface area contributed by atoms with E-state index in [2.05, 4.69) is 60.5 Å². The number of allylic oxidation sites excluding steroid dienone is 8. The highest BCUT2D eigenvalue weighted by atomic mass is 16.5. The van der Waals surface area contributed by atoms with Crippen LogP contribution in [0.5, 0.6) is 0 Å². The van der Waals surface area contributed by atoms with E-state index in [4.69, 9.17) is 4.74 Å². The Morgan fingerprint density at radius 2 is 1.52 bits per heavy atom. The third-order valence-electron chi connectivity index (χ3n) is 4.33. The van der Waals surface area contributed by atoms with Crippen molar-refractivity contribution in [2.45, 2.75) is 77.7 Å². The molecule has 0 aliphatic carbocycles. The lowest BCUT2D eigenvalue weighted by molar-refractivity contribution is -0.145. The molecule has 0 N–H and O–H groups in total. The summed E-state index contributed by atoms with van der Waals surface area (Å²) in [6, 6.07) is 3.74. The van der Waals surface area contributed by atoms with Crippen LogP contribution in [0.15, 0.2) is 73.1 Å². The van der Waals surface area contributed by atoms with Crippen LogP contribution in [0.4, 0.5) is 0 Å². The number of pyridine rings is 1. The SMILES string of the molecule is CCCCC/C=C\C/C=C\C/C=C\C/C=C\CCCC(=O)OCc1cccnc1. The number of unbranched alkanes of at least 4 members (excludes halogenated alkanes) is 4. The second-order valence-electron chi connectivity index (χ2n) is 7.00. The fraction of sp³-hybridized carbons (Fsp3) is 0.462. The van der Waals surface area contributed by atoms with Crippen LogP contribution < -0.4 is 0 Å². The number of ether oxygens (including phenoxy) is 1. The van der Waals surface area contributed by atoms with Gasteiger partial charge in [0.1, 0.15) is 6.61 Å². The first kappa shape index (κ1) is 24.6. The van der Waals surface area contributed by atoms with Crippen LogP contribution >= 0.6 is 0 Å². The van der Waals surface area contributed by atoms with Gasteiger partial charge in [-0.3, -0.25) is 9.78 Å². The summed E-state index contributed by atoms with van der Waals surface area (Å²) in [5.41, 5.74) is 0.918. The van der Waals surface area contributed by atoms with E-state index >= 15 is 0 Å². The highest BCUT2D eigenvalue weighted by Gasteiger charge is 2.02. The number of rotatable bonds is 16. The van der Waals surface area contributed by atoms with Crippen molar-refractivity contribution in [1.29, 1.82) is 0 Å². The molecule has 0 aliphatic heterocycles. The van der Waals surface area contributed by atoms with E-state index in [0.29, 0.717) is 13.0 Å². The summed E-state index contributed by atoms with van der Waals surface area (Å²) >= 11 is 0. The molecule has 1 aromatic rings. The number of hydrogen-bond donors (Lipinski definition) is 0. The maximum absolute atomic E-state index is 11.7. The van der Waals surface area contributed by atoms with Gasteiger partial charge in [-0.2, -0.15) is 0 Å². The van der Waals surface area contributed by atoms with E-state index in [1.165, 1.54) is 25.7 Å². The van der Waals surface area contributed by atoms with Crippen molar-refractivity contribution < 1.29 is 9.53 Å². The topological polar surface area (TPSA) is 39.2 Å². The van der Waals surface area contributed by atoms with Crippen molar-refractivity contribution in [2.24, 2.45) is 0 Å². The van der Waals surface area contributed by atoms with Gasteiger partial charge in [0.15, 0.2) is 0 Å². The first-order valence-corrected chi connectivity index (χ1v) is 11.0. The number of aromatic nitrogens is 1. The number of carbonyl (C=O) groups is 1. The zero-order valence-electron chi connectivity index (χ0n) is 18.0. The maximum atomic E-state index is 11.7. The maximum Gasteiger partial charge on any atom is 0.306 e. The molecular formula is C26H37NO2. The summed E-state index contributed by atoms with van der Waals surface area (Å²) in [6.45, 7) is 2.54. The lowest BCUT2D eigenvalue weighted by atomic mass is 10.2. The van der Waals surface area contributed by atoms with E-state index in [9.17, 15) is 4.79 Å². The average molecular weight is 396 g/mol. The van der Waals surface area contributed by atoms with Crippen LogP contribution in [0, 0.1) is 0 Å². The second kappa shape index (κ2) is 18.9. The molecule has 0 saturated heterocycles. The van der Waals surface area contributed by atoms with Gasteiger partial charge in [0.25, 0.3) is 0 Å². The van der Waals surface area contributed by atoms with Crippen molar-refractivity contribution in [3.63, 3.8) is 0 Å². The molecule has 0 amide bonds. The van der Waals surface area contributed by atoms with Crippen LogP contribution in [-0.2, 0) is 16.1 Å². The summed E-state index contributed by atoms with van der Waals surface area (Å²) < 4.78 is 5.23. The van der Waals surface area contributed by atoms with Gasteiger partial charge >= 0.3 is 5.97 Å². The minimum atomic E-state index is -0.148. The zero-order valence-corrected chi connectivity index (χ0v) is 18.0. The molecule has 0 aliphatic rings. The molecule has 0 aromatic carbocycles. The molecule has 158 valence electrons. The van der Waals surface area contributed by atoms with E-state index < -0.39 is 0 Å². The Balaban J connectivity index is 1.94. The van der Waals surface area contributed by atoms with Crippen LogP contribution in [0.2, 0.25) is 0 Å². The second-order valence-corrected chi connectivity index (χ2v) is 7.00. The summed E-state index contributed by atoms with van der Waals surface area (Å²) in [4.78, 5) is 15.7. The monoisotopic (exact) mass is 395 g/mol. The van der Waals surface area contributed by atoms with Gasteiger partial charge in [-0.15, -0.1) is 0 Å². The smallest absolute Gasteiger partial charge is 0.306 e. The van der Waals surface area contributed by atoms with Crippen LogP contribution in [0.25, 0.3) is 0 Å². The van der Waals surface area contributed by atoms with E-state index in [1.807, 2.05) is 12.1 Å². The standard InChI is InChI=1S/C26H37NO2/c1-2-3-4-5-6-7-8-9-10-11-12-13-14-15-16-17-18-21-26(28)29-24-25-20-19-22-27-23-25/h6-7,9-10,12-13,15-16,19-20,22-23H,2-5,8,11,14,17-18,21,24H2,1H3/b7-6-,10-9-,13-12-,16-15-. The molecule has 29 heavy (non-hydrogen) atoms. The number of nitrogens with zero attached hydrogens (tertiary/aromatic N) is 1. The predicted molar refractivity (Wildman–Crippen MR) is 122 cm³/mol. The quantitative estimate of drug-likeness (QED) is 0.168. The molecule has 0 fully saturated rings. The van der Waals surface area contributed by atoms with Gasteiger partial charge in [-0.1, -0.05) is 74.4 Å². The fourth-order valence-electron chi connectivity index (χ4n) is 2.64. The van der Waals surface area contributed by atoms with Crippen molar-refractivity contribution in [2.75, 3.05) is 0 Å². The molecule has 1 heterocycles. The van der Waals surface area contributed by atoms with Gasteiger partial charge < -0.3 is 4.74 Å². The molecular weight excluding hydrogens is 358 g/mol. The Hall–Kier alpha value is -2.42. The van der Waals surface area contributed by atoms with E-state index in [-0.39, 0.29) is 5.97 Å². The first-order valence-electron chi connectivity index (χ1n) is 11.0. The Kier molecular flexibility index (Phi) is 16.1. The van der Waals surface area contributed by atoms with Gasteiger partial charge in [0.05, 0.1) is 0 Å². The summed E-state index contributed by atoms with van der Waals surface area (Å²) in [5, 5.41) is 0. The minimum absolute atomic E-state index is 0.148. The molecule has 0 atom stereocenters. The molecule has 0 bridgehead atoms. The summed E-state index contributed by atoms with van der Waals surface area (Å²) in [6.07, 6.45) is 31.4. The van der Waals surface area contributed by atoms with Gasteiger partial charge in [-0.25, -0.2) is 0 Å². The van der Waals surface area contributed by atoms with Crippen molar-refractivity contribution in [3.8, 4) is 0 Å². The highest BCUT2D eigenvalue weighted by molar-refractivity contribution is 5.69. The molecule has 1 rings (SSSR count). The Bertz CT molecular complexity index is 629. The number of esters is 1. The molecule has 0 saturated carbocycles. The molecule has 0 unspecified atom stereocenters. The minimum Gasteiger partial charge on any atom is -0.461 e. The number of carbonyl (C=O) groups excluding carboxylic acids is 1. The largest absolute Gasteiger partial charge is 0.461 e. The van der Waals surface area contributed by atoms with Gasteiger partial charge in [0.2, 0.25) is 0 Å². The Labute approximate surface area is 177 Å². The first-order chi connectivity index (χ1) is 14.3. The molecule has 3 heteroatoms. The van der Waals surface area contributed by atoms with E-state index in [1.54, 1.807) is 12.4 Å². The van der Waals surface area contributed by atoms with E-state index in [0.717, 1.165) is 37.7 Å². The Morgan fingerprint density at radius 3 is 2.10 bits per heavy atom. The summed E-state index contributed by atoms with van der Waals surface area (Å²) in [5.74, 6) is -0.148. The van der Waals surface area contributed by atoms with Gasteiger partial charge in [-0.05, 0) is 51.0 Å². The summed E-state index contributed by atoms with van der Waals surface area (Å²) in [7, 11) is 0. The third-order valence-corrected chi connectivity index (χ3v) is 4.33. The van der Waals surface area contributed by atoms with Crippen molar-refractivity contribution >= 4 is 5.97 Å². The van der Waals surface area contributed by atoms with Crippen LogP contribution in [0.1, 0.15) is 76.7 Å². The number of hydrogen-bond acceptors (Lipinski definition) is 3.